The molecule has 2 aromatic rings. The van der Waals surface area contributed by atoms with Gasteiger partial charge in [0.1, 0.15) is 0 Å². The molecular weight excluding hydrogens is 366 g/mol. The van der Waals surface area contributed by atoms with Crippen LogP contribution in [0.25, 0.3) is 0 Å². The number of halogens is 2. The molecule has 0 heterocycles. The van der Waals surface area contributed by atoms with Gasteiger partial charge in [-0.2, -0.15) is 0 Å². The molecule has 0 bridgehead atoms. The van der Waals surface area contributed by atoms with Crippen LogP contribution in [-0.2, 0) is 10.0 Å². The predicted molar refractivity (Wildman–Crippen MR) is 84.7 cm³/mol. The van der Waals surface area contributed by atoms with Crippen molar-refractivity contribution in [2.45, 2.75) is 4.90 Å². The Kier molecular flexibility index (Phi) is 4.24. The number of anilines is 3. The third-order valence-corrected chi connectivity index (χ3v) is 4.25. The van der Waals surface area contributed by atoms with Crippen LogP contribution < -0.4 is 16.2 Å². The molecule has 8 heteroatoms. The van der Waals surface area contributed by atoms with E-state index in [4.69, 9.17) is 22.5 Å². The van der Waals surface area contributed by atoms with Crippen LogP contribution in [0.3, 0.4) is 0 Å². The summed E-state index contributed by atoms with van der Waals surface area (Å²) in [6.45, 7) is 0. The van der Waals surface area contributed by atoms with Crippen LogP contribution in [-0.4, -0.2) is 8.42 Å². The average molecular weight is 377 g/mol. The van der Waals surface area contributed by atoms with Gasteiger partial charge in [-0.1, -0.05) is 11.6 Å². The van der Waals surface area contributed by atoms with Crippen molar-refractivity contribution in [2.24, 2.45) is 5.14 Å². The number of sulfonamides is 1. The standard InChI is InChI=1S/C12H11BrClN3O2S/c13-11-3-7(14)1-2-12(11)17-9-4-8(15)5-10(6-9)20(16,18)19/h1-6,17H,15H2,(H2,16,18,19). The minimum absolute atomic E-state index is 0.0508. The van der Waals surface area contributed by atoms with Crippen molar-refractivity contribution in [2.75, 3.05) is 11.1 Å². The van der Waals surface area contributed by atoms with Gasteiger partial charge in [0.2, 0.25) is 10.0 Å². The van der Waals surface area contributed by atoms with E-state index in [2.05, 4.69) is 21.2 Å². The number of benzene rings is 2. The molecule has 0 spiro atoms. The first kappa shape index (κ1) is 15.1. The Morgan fingerprint density at radius 2 is 1.85 bits per heavy atom. The molecule has 0 unspecified atom stereocenters. The van der Waals surface area contributed by atoms with Gasteiger partial charge >= 0.3 is 0 Å². The molecule has 0 amide bonds. The van der Waals surface area contributed by atoms with Crippen molar-refractivity contribution >= 4 is 54.6 Å². The van der Waals surface area contributed by atoms with Crippen LogP contribution in [0.2, 0.25) is 5.02 Å². The number of primary sulfonamides is 1. The highest BCUT2D eigenvalue weighted by Gasteiger charge is 2.10. The highest BCUT2D eigenvalue weighted by molar-refractivity contribution is 9.10. The first-order valence-electron chi connectivity index (χ1n) is 5.41. The van der Waals surface area contributed by atoms with E-state index in [0.29, 0.717) is 16.4 Å². The molecule has 20 heavy (non-hydrogen) atoms. The van der Waals surface area contributed by atoms with E-state index in [0.717, 1.165) is 10.2 Å². The van der Waals surface area contributed by atoms with Crippen LogP contribution in [0.1, 0.15) is 0 Å². The zero-order chi connectivity index (χ0) is 14.9. The number of hydrogen-bond donors (Lipinski definition) is 3. The molecule has 5 nitrogen and oxygen atoms in total. The molecule has 2 rings (SSSR count). The third-order valence-electron chi connectivity index (χ3n) is 2.47. The minimum atomic E-state index is -3.81. The van der Waals surface area contributed by atoms with E-state index in [9.17, 15) is 8.42 Å². The lowest BCUT2D eigenvalue weighted by atomic mass is 10.2. The van der Waals surface area contributed by atoms with Gasteiger partial charge in [-0.3, -0.25) is 0 Å². The summed E-state index contributed by atoms with van der Waals surface area (Å²) < 4.78 is 23.5. The molecule has 0 saturated carbocycles. The van der Waals surface area contributed by atoms with E-state index in [1.165, 1.54) is 12.1 Å². The molecule has 0 aliphatic heterocycles. The summed E-state index contributed by atoms with van der Waals surface area (Å²) >= 11 is 9.22. The van der Waals surface area contributed by atoms with E-state index in [-0.39, 0.29) is 4.90 Å². The molecule has 0 radical (unpaired) electrons. The number of nitrogens with one attached hydrogen (secondary N) is 1. The molecule has 0 fully saturated rings. The number of rotatable bonds is 3. The maximum Gasteiger partial charge on any atom is 0.238 e. The minimum Gasteiger partial charge on any atom is -0.399 e. The molecule has 5 N–H and O–H groups in total. The normalized spacial score (nSPS) is 11.3. The highest BCUT2D eigenvalue weighted by atomic mass is 79.9. The van der Waals surface area contributed by atoms with Crippen molar-refractivity contribution in [3.63, 3.8) is 0 Å². The highest BCUT2D eigenvalue weighted by Crippen LogP contribution is 2.30. The molecule has 0 aliphatic carbocycles. The Bertz CT molecular complexity index is 765. The summed E-state index contributed by atoms with van der Waals surface area (Å²) in [5, 5.41) is 8.73. The number of nitrogen functional groups attached to an aromatic ring is 1. The summed E-state index contributed by atoms with van der Waals surface area (Å²) in [6, 6.07) is 9.50. The zero-order valence-corrected chi connectivity index (χ0v) is 13.3. The molecule has 0 aromatic heterocycles. The smallest absolute Gasteiger partial charge is 0.238 e. The summed E-state index contributed by atoms with van der Waals surface area (Å²) in [5.41, 5.74) is 7.21. The first-order valence-corrected chi connectivity index (χ1v) is 8.13. The van der Waals surface area contributed by atoms with Crippen LogP contribution in [0.4, 0.5) is 17.1 Å². The quantitative estimate of drug-likeness (QED) is 0.717. The van der Waals surface area contributed by atoms with Gasteiger partial charge in [0.25, 0.3) is 0 Å². The lowest BCUT2D eigenvalue weighted by Crippen LogP contribution is -2.12. The van der Waals surface area contributed by atoms with Crippen LogP contribution in [0, 0.1) is 0 Å². The van der Waals surface area contributed by atoms with Crippen molar-refractivity contribution in [1.29, 1.82) is 0 Å². The SMILES string of the molecule is Nc1cc(Nc2ccc(Cl)cc2Br)cc(S(N)(=O)=O)c1. The largest absolute Gasteiger partial charge is 0.399 e. The second kappa shape index (κ2) is 5.61. The fourth-order valence-corrected chi connectivity index (χ4v) is 2.98. The first-order chi connectivity index (χ1) is 9.25. The Morgan fingerprint density at radius 3 is 2.45 bits per heavy atom. The maximum atomic E-state index is 11.4. The van der Waals surface area contributed by atoms with Crippen molar-refractivity contribution in [3.05, 3.63) is 45.9 Å². The summed E-state index contributed by atoms with van der Waals surface area (Å²) in [4.78, 5) is -0.0508. The summed E-state index contributed by atoms with van der Waals surface area (Å²) in [6.07, 6.45) is 0. The van der Waals surface area contributed by atoms with Gasteiger partial charge in [0.05, 0.1) is 10.6 Å². The monoisotopic (exact) mass is 375 g/mol. The Labute approximate surface area is 130 Å². The lowest BCUT2D eigenvalue weighted by molar-refractivity contribution is 0.598. The maximum absolute atomic E-state index is 11.4. The fraction of sp³-hybridized carbons (Fsp3) is 0. The Hall–Kier alpha value is -1.28. The molecular formula is C12H11BrClN3O2S. The number of hydrogen-bond acceptors (Lipinski definition) is 4. The molecule has 2 aromatic carbocycles. The zero-order valence-electron chi connectivity index (χ0n) is 10.1. The molecule has 106 valence electrons. The van der Waals surface area contributed by atoms with Crippen LogP contribution in [0.15, 0.2) is 45.8 Å². The van der Waals surface area contributed by atoms with Crippen LogP contribution in [0.5, 0.6) is 0 Å². The second-order valence-electron chi connectivity index (χ2n) is 4.08. The second-order valence-corrected chi connectivity index (χ2v) is 6.94. The summed E-state index contributed by atoms with van der Waals surface area (Å²) in [7, 11) is -3.81. The molecule has 0 atom stereocenters. The topological polar surface area (TPSA) is 98.2 Å². The van der Waals surface area contributed by atoms with E-state index >= 15 is 0 Å². The Morgan fingerprint density at radius 1 is 1.15 bits per heavy atom. The van der Waals surface area contributed by atoms with Crippen molar-refractivity contribution < 1.29 is 8.42 Å². The van der Waals surface area contributed by atoms with Crippen molar-refractivity contribution in [3.8, 4) is 0 Å². The van der Waals surface area contributed by atoms with Gasteiger partial charge in [0, 0.05) is 20.9 Å². The fourth-order valence-electron chi connectivity index (χ4n) is 1.60. The molecule has 0 aliphatic rings. The van der Waals surface area contributed by atoms with Crippen molar-refractivity contribution in [1.82, 2.24) is 0 Å². The van der Waals surface area contributed by atoms with E-state index < -0.39 is 10.0 Å². The Balaban J connectivity index is 2.41. The van der Waals surface area contributed by atoms with E-state index in [1.807, 2.05) is 0 Å². The average Bonchev–Trinajstić information content (AvgIpc) is 2.31. The van der Waals surface area contributed by atoms with Gasteiger partial charge < -0.3 is 11.1 Å². The number of nitrogens with two attached hydrogens (primary N) is 2. The van der Waals surface area contributed by atoms with Crippen LogP contribution >= 0.6 is 27.5 Å². The lowest BCUT2D eigenvalue weighted by Gasteiger charge is -2.11. The predicted octanol–water partition coefficient (Wildman–Crippen LogP) is 3.08. The van der Waals surface area contributed by atoms with Gasteiger partial charge in [-0.25, -0.2) is 13.6 Å². The summed E-state index contributed by atoms with van der Waals surface area (Å²) in [5.74, 6) is 0. The van der Waals surface area contributed by atoms with Gasteiger partial charge in [-0.15, -0.1) is 0 Å². The van der Waals surface area contributed by atoms with Gasteiger partial charge in [-0.05, 0) is 52.3 Å². The van der Waals surface area contributed by atoms with Gasteiger partial charge in [0.15, 0.2) is 0 Å². The van der Waals surface area contributed by atoms with E-state index in [1.54, 1.807) is 24.3 Å². The molecule has 0 saturated heterocycles. The third kappa shape index (κ3) is 3.63.